The van der Waals surface area contributed by atoms with E-state index in [-0.39, 0.29) is 18.4 Å². The van der Waals surface area contributed by atoms with Gasteiger partial charge in [-0.3, -0.25) is 9.78 Å². The van der Waals surface area contributed by atoms with Gasteiger partial charge in [0.25, 0.3) is 0 Å². The first-order valence-corrected chi connectivity index (χ1v) is 7.53. The van der Waals surface area contributed by atoms with Crippen LogP contribution in [-0.2, 0) is 21.6 Å². The van der Waals surface area contributed by atoms with Crippen LogP contribution >= 0.6 is 0 Å². The van der Waals surface area contributed by atoms with E-state index in [1.165, 1.54) is 12.1 Å². The molecule has 4 heteroatoms. The summed E-state index contributed by atoms with van der Waals surface area (Å²) in [5.74, 6) is -0.580. The van der Waals surface area contributed by atoms with E-state index >= 15 is 0 Å². The minimum absolute atomic E-state index is 0.198. The van der Waals surface area contributed by atoms with Gasteiger partial charge >= 0.3 is 5.97 Å². The molecule has 1 aromatic carbocycles. The number of nitrogens with zero attached hydrogens (tertiary/aromatic N) is 1. The molecule has 1 aliphatic rings. The van der Waals surface area contributed by atoms with E-state index in [1.54, 1.807) is 24.5 Å². The number of aromatic nitrogens is 1. The zero-order valence-corrected chi connectivity index (χ0v) is 12.3. The zero-order valence-electron chi connectivity index (χ0n) is 12.3. The van der Waals surface area contributed by atoms with Crippen LogP contribution < -0.4 is 0 Å². The lowest BCUT2D eigenvalue weighted by atomic mass is 9.79. The Balaban J connectivity index is 1.80. The van der Waals surface area contributed by atoms with Crippen molar-refractivity contribution in [3.8, 4) is 0 Å². The molecule has 0 unspecified atom stereocenters. The molecule has 0 atom stereocenters. The predicted molar refractivity (Wildman–Crippen MR) is 80.6 cm³/mol. The molecule has 0 spiro atoms. The Hall–Kier alpha value is -2.23. The molecule has 0 N–H and O–H groups in total. The Kier molecular flexibility index (Phi) is 4.18. The summed E-state index contributed by atoms with van der Waals surface area (Å²) in [4.78, 5) is 16.7. The standard InChI is InChI=1S/C18H18FNO2/c19-16-7-3-6-15(11-16)18(8-1-2-9-18)17(21)22-13-14-5-4-10-20-12-14/h3-7,10-12H,1-2,8-9,13H2. The number of pyridine rings is 1. The van der Waals surface area contributed by atoms with Crippen molar-refractivity contribution in [1.29, 1.82) is 0 Å². The Morgan fingerprint density at radius 3 is 2.73 bits per heavy atom. The molecular weight excluding hydrogens is 281 g/mol. The summed E-state index contributed by atoms with van der Waals surface area (Å²) in [5, 5.41) is 0. The van der Waals surface area contributed by atoms with E-state index < -0.39 is 5.41 Å². The highest BCUT2D eigenvalue weighted by Gasteiger charge is 2.44. The SMILES string of the molecule is O=C(OCc1cccnc1)C1(c2cccc(F)c2)CCCC1. The second-order valence-corrected chi connectivity index (χ2v) is 5.74. The van der Waals surface area contributed by atoms with E-state index in [9.17, 15) is 9.18 Å². The lowest BCUT2D eigenvalue weighted by Gasteiger charge is -2.27. The number of halogens is 1. The highest BCUT2D eigenvalue weighted by molar-refractivity contribution is 5.83. The quantitative estimate of drug-likeness (QED) is 0.807. The Morgan fingerprint density at radius 1 is 1.23 bits per heavy atom. The van der Waals surface area contributed by atoms with Gasteiger partial charge in [-0.25, -0.2) is 4.39 Å². The first-order chi connectivity index (χ1) is 10.7. The highest BCUT2D eigenvalue weighted by Crippen LogP contribution is 2.42. The molecule has 0 bridgehead atoms. The van der Waals surface area contributed by atoms with Crippen LogP contribution in [0.2, 0.25) is 0 Å². The molecule has 1 heterocycles. The van der Waals surface area contributed by atoms with Gasteiger partial charge in [-0.2, -0.15) is 0 Å². The second kappa shape index (κ2) is 6.26. The summed E-state index contributed by atoms with van der Waals surface area (Å²) in [6.45, 7) is 0.198. The first kappa shape index (κ1) is 14.7. The fourth-order valence-corrected chi connectivity index (χ4v) is 3.15. The number of carbonyl (C=O) groups excluding carboxylic acids is 1. The maximum atomic E-state index is 13.5. The summed E-state index contributed by atoms with van der Waals surface area (Å²) in [6, 6.07) is 9.99. The van der Waals surface area contributed by atoms with E-state index in [0.29, 0.717) is 12.8 Å². The summed E-state index contributed by atoms with van der Waals surface area (Å²) >= 11 is 0. The lowest BCUT2D eigenvalue weighted by molar-refractivity contribution is -0.152. The summed E-state index contributed by atoms with van der Waals surface area (Å²) in [6.07, 6.45) is 6.69. The van der Waals surface area contributed by atoms with Gasteiger partial charge in [-0.15, -0.1) is 0 Å². The van der Waals surface area contributed by atoms with Crippen molar-refractivity contribution in [2.24, 2.45) is 0 Å². The molecule has 3 rings (SSSR count). The summed E-state index contributed by atoms with van der Waals surface area (Å²) in [7, 11) is 0. The number of rotatable bonds is 4. The van der Waals surface area contributed by atoms with Gasteiger partial charge in [-0.05, 0) is 36.6 Å². The molecule has 3 nitrogen and oxygen atoms in total. The molecule has 114 valence electrons. The van der Waals surface area contributed by atoms with Crippen LogP contribution in [0.3, 0.4) is 0 Å². The van der Waals surface area contributed by atoms with Crippen molar-refractivity contribution < 1.29 is 13.9 Å². The van der Waals surface area contributed by atoms with Crippen molar-refractivity contribution in [2.75, 3.05) is 0 Å². The normalized spacial score (nSPS) is 16.4. The zero-order chi connectivity index (χ0) is 15.4. The van der Waals surface area contributed by atoms with Crippen molar-refractivity contribution >= 4 is 5.97 Å². The van der Waals surface area contributed by atoms with Gasteiger partial charge in [0.1, 0.15) is 12.4 Å². The molecule has 1 aromatic heterocycles. The molecule has 22 heavy (non-hydrogen) atoms. The van der Waals surface area contributed by atoms with Crippen LogP contribution in [0.5, 0.6) is 0 Å². The van der Waals surface area contributed by atoms with E-state index in [1.807, 2.05) is 12.1 Å². The number of benzene rings is 1. The van der Waals surface area contributed by atoms with Crippen LogP contribution in [0.1, 0.15) is 36.8 Å². The van der Waals surface area contributed by atoms with Crippen LogP contribution in [0.25, 0.3) is 0 Å². The monoisotopic (exact) mass is 299 g/mol. The minimum atomic E-state index is -0.704. The number of hydrogen-bond acceptors (Lipinski definition) is 3. The third-order valence-corrected chi connectivity index (χ3v) is 4.32. The number of hydrogen-bond donors (Lipinski definition) is 0. The predicted octanol–water partition coefficient (Wildman–Crippen LogP) is 3.78. The minimum Gasteiger partial charge on any atom is -0.460 e. The molecule has 0 amide bonds. The summed E-state index contributed by atoms with van der Waals surface area (Å²) in [5.41, 5.74) is 0.869. The van der Waals surface area contributed by atoms with Crippen molar-refractivity contribution in [1.82, 2.24) is 4.98 Å². The molecule has 0 saturated heterocycles. The van der Waals surface area contributed by atoms with Gasteiger partial charge in [-0.1, -0.05) is 31.0 Å². The number of ether oxygens (including phenoxy) is 1. The molecular formula is C18H18FNO2. The molecule has 1 fully saturated rings. The lowest BCUT2D eigenvalue weighted by Crippen LogP contribution is -2.34. The van der Waals surface area contributed by atoms with E-state index in [0.717, 1.165) is 24.0 Å². The Bertz CT molecular complexity index is 651. The highest BCUT2D eigenvalue weighted by atomic mass is 19.1. The van der Waals surface area contributed by atoms with Gasteiger partial charge in [0.2, 0.25) is 0 Å². The largest absolute Gasteiger partial charge is 0.460 e. The molecule has 0 radical (unpaired) electrons. The third kappa shape index (κ3) is 2.86. The van der Waals surface area contributed by atoms with Gasteiger partial charge in [0, 0.05) is 18.0 Å². The Morgan fingerprint density at radius 2 is 2.05 bits per heavy atom. The summed E-state index contributed by atoms with van der Waals surface area (Å²) < 4.78 is 19.1. The van der Waals surface area contributed by atoms with Crippen LogP contribution in [0.15, 0.2) is 48.8 Å². The molecule has 2 aromatic rings. The van der Waals surface area contributed by atoms with Crippen LogP contribution in [0, 0.1) is 5.82 Å². The molecule has 1 saturated carbocycles. The van der Waals surface area contributed by atoms with Crippen LogP contribution in [0.4, 0.5) is 4.39 Å². The number of carbonyl (C=O) groups is 1. The average molecular weight is 299 g/mol. The maximum absolute atomic E-state index is 13.5. The topological polar surface area (TPSA) is 39.2 Å². The third-order valence-electron chi connectivity index (χ3n) is 4.32. The molecule has 1 aliphatic carbocycles. The van der Waals surface area contributed by atoms with Crippen molar-refractivity contribution in [3.05, 3.63) is 65.7 Å². The molecule has 0 aliphatic heterocycles. The average Bonchev–Trinajstić information content (AvgIpc) is 3.05. The van der Waals surface area contributed by atoms with Gasteiger partial charge in [0.05, 0.1) is 5.41 Å². The fourth-order valence-electron chi connectivity index (χ4n) is 3.15. The van der Waals surface area contributed by atoms with E-state index in [4.69, 9.17) is 4.74 Å². The van der Waals surface area contributed by atoms with Crippen LogP contribution in [-0.4, -0.2) is 11.0 Å². The second-order valence-electron chi connectivity index (χ2n) is 5.74. The fraction of sp³-hybridized carbons (Fsp3) is 0.333. The number of esters is 1. The smallest absolute Gasteiger partial charge is 0.316 e. The first-order valence-electron chi connectivity index (χ1n) is 7.53. The van der Waals surface area contributed by atoms with Gasteiger partial charge < -0.3 is 4.74 Å². The van der Waals surface area contributed by atoms with Crippen molar-refractivity contribution in [2.45, 2.75) is 37.7 Å². The Labute approximate surface area is 129 Å². The van der Waals surface area contributed by atoms with E-state index in [2.05, 4.69) is 4.98 Å². The van der Waals surface area contributed by atoms with Crippen molar-refractivity contribution in [3.63, 3.8) is 0 Å². The van der Waals surface area contributed by atoms with Gasteiger partial charge in [0.15, 0.2) is 0 Å². The maximum Gasteiger partial charge on any atom is 0.316 e.